The Balaban J connectivity index is 3.16. The normalized spacial score (nSPS) is 11.8. The van der Waals surface area contributed by atoms with E-state index in [2.05, 4.69) is 0 Å². The number of hydrogen-bond donors (Lipinski definition) is 1. The van der Waals surface area contributed by atoms with Crippen LogP contribution in [-0.4, -0.2) is 11.7 Å². The quantitative estimate of drug-likeness (QED) is 0.819. The SMILES string of the molecule is OCCc1ccc(Cl)cc1C(F)(F)F. The summed E-state index contributed by atoms with van der Waals surface area (Å²) in [5.41, 5.74) is -0.719. The van der Waals surface area contributed by atoms with Gasteiger partial charge in [-0.2, -0.15) is 13.2 Å². The lowest BCUT2D eigenvalue weighted by molar-refractivity contribution is -0.138. The summed E-state index contributed by atoms with van der Waals surface area (Å²) in [5.74, 6) is 0. The van der Waals surface area contributed by atoms with Crippen molar-refractivity contribution in [1.29, 1.82) is 0 Å². The maximum absolute atomic E-state index is 12.4. The first-order valence-corrected chi connectivity index (χ1v) is 4.29. The smallest absolute Gasteiger partial charge is 0.396 e. The largest absolute Gasteiger partial charge is 0.416 e. The molecule has 5 heteroatoms. The standard InChI is InChI=1S/C9H8ClF3O/c10-7-2-1-6(3-4-14)8(5-7)9(11,12)13/h1-2,5,14H,3-4H2. The molecule has 0 fully saturated rings. The van der Waals surface area contributed by atoms with Gasteiger partial charge < -0.3 is 5.11 Å². The number of halogens is 4. The Bertz CT molecular complexity index is 322. The molecule has 1 nitrogen and oxygen atoms in total. The second-order valence-electron chi connectivity index (χ2n) is 2.77. The van der Waals surface area contributed by atoms with E-state index < -0.39 is 11.7 Å². The summed E-state index contributed by atoms with van der Waals surface area (Å²) in [4.78, 5) is 0. The van der Waals surface area contributed by atoms with Gasteiger partial charge in [0.15, 0.2) is 0 Å². The van der Waals surface area contributed by atoms with Crippen LogP contribution in [-0.2, 0) is 12.6 Å². The molecule has 0 aliphatic rings. The van der Waals surface area contributed by atoms with Crippen molar-refractivity contribution < 1.29 is 18.3 Å². The number of alkyl halides is 3. The van der Waals surface area contributed by atoms with Gasteiger partial charge in [0.25, 0.3) is 0 Å². The van der Waals surface area contributed by atoms with Gasteiger partial charge in [-0.1, -0.05) is 17.7 Å². The number of hydrogen-bond acceptors (Lipinski definition) is 1. The summed E-state index contributed by atoms with van der Waals surface area (Å²) in [6, 6.07) is 3.52. The van der Waals surface area contributed by atoms with E-state index >= 15 is 0 Å². The molecule has 0 aromatic heterocycles. The molecule has 1 N–H and O–H groups in total. The van der Waals surface area contributed by atoms with Crippen molar-refractivity contribution >= 4 is 11.6 Å². The van der Waals surface area contributed by atoms with E-state index in [1.807, 2.05) is 0 Å². The predicted molar refractivity (Wildman–Crippen MR) is 47.2 cm³/mol. The molecular formula is C9H8ClF3O. The molecule has 0 bridgehead atoms. The summed E-state index contributed by atoms with van der Waals surface area (Å²) >= 11 is 5.46. The van der Waals surface area contributed by atoms with Gasteiger partial charge in [-0.15, -0.1) is 0 Å². The third-order valence-corrected chi connectivity index (χ3v) is 1.99. The summed E-state index contributed by atoms with van der Waals surface area (Å²) in [6.07, 6.45) is -4.44. The van der Waals surface area contributed by atoms with Crippen LogP contribution in [0.15, 0.2) is 18.2 Å². The van der Waals surface area contributed by atoms with Gasteiger partial charge >= 0.3 is 6.18 Å². The number of aliphatic hydroxyl groups is 1. The second-order valence-corrected chi connectivity index (χ2v) is 3.21. The highest BCUT2D eigenvalue weighted by molar-refractivity contribution is 6.30. The Morgan fingerprint density at radius 1 is 1.29 bits per heavy atom. The first-order chi connectivity index (χ1) is 6.45. The van der Waals surface area contributed by atoms with Gasteiger partial charge in [-0.05, 0) is 24.1 Å². The first kappa shape index (κ1) is 11.3. The molecule has 0 amide bonds. The van der Waals surface area contributed by atoms with Crippen molar-refractivity contribution in [1.82, 2.24) is 0 Å². The molecule has 1 aromatic rings. The predicted octanol–water partition coefficient (Wildman–Crippen LogP) is 2.89. The van der Waals surface area contributed by atoms with Crippen LogP contribution < -0.4 is 0 Å². The van der Waals surface area contributed by atoms with Gasteiger partial charge in [-0.3, -0.25) is 0 Å². The van der Waals surface area contributed by atoms with Crippen LogP contribution in [0.1, 0.15) is 11.1 Å². The van der Waals surface area contributed by atoms with E-state index in [0.717, 1.165) is 6.07 Å². The van der Waals surface area contributed by atoms with Crippen molar-refractivity contribution in [3.05, 3.63) is 34.3 Å². The molecule has 0 radical (unpaired) electrons. The lowest BCUT2D eigenvalue weighted by atomic mass is 10.0. The van der Waals surface area contributed by atoms with E-state index in [-0.39, 0.29) is 23.6 Å². The highest BCUT2D eigenvalue weighted by Crippen LogP contribution is 2.33. The number of aliphatic hydroxyl groups excluding tert-OH is 1. The number of benzene rings is 1. The molecule has 78 valence electrons. The summed E-state index contributed by atoms with van der Waals surface area (Å²) in [6.45, 7) is -0.315. The lowest BCUT2D eigenvalue weighted by Gasteiger charge is -2.12. The minimum absolute atomic E-state index is 0.0218. The van der Waals surface area contributed by atoms with Crippen LogP contribution in [0.2, 0.25) is 5.02 Å². The molecular weight excluding hydrogens is 217 g/mol. The van der Waals surface area contributed by atoms with Gasteiger partial charge in [0.2, 0.25) is 0 Å². The minimum atomic E-state index is -4.42. The molecule has 0 unspecified atom stereocenters. The van der Waals surface area contributed by atoms with E-state index in [9.17, 15) is 13.2 Å². The van der Waals surface area contributed by atoms with Gasteiger partial charge in [0.05, 0.1) is 5.56 Å². The third-order valence-electron chi connectivity index (χ3n) is 1.76. The highest BCUT2D eigenvalue weighted by atomic mass is 35.5. The maximum atomic E-state index is 12.4. The van der Waals surface area contributed by atoms with E-state index in [1.165, 1.54) is 12.1 Å². The maximum Gasteiger partial charge on any atom is 0.416 e. The molecule has 0 atom stereocenters. The average Bonchev–Trinajstić information content (AvgIpc) is 2.07. The van der Waals surface area contributed by atoms with Crippen molar-refractivity contribution in [3.8, 4) is 0 Å². The summed E-state index contributed by atoms with van der Waals surface area (Å²) in [5, 5.41) is 8.62. The Labute approximate surface area is 84.1 Å². The Morgan fingerprint density at radius 2 is 1.93 bits per heavy atom. The van der Waals surface area contributed by atoms with Gasteiger partial charge in [-0.25, -0.2) is 0 Å². The molecule has 0 heterocycles. The van der Waals surface area contributed by atoms with E-state index in [0.29, 0.717) is 0 Å². The zero-order valence-electron chi connectivity index (χ0n) is 7.11. The zero-order valence-corrected chi connectivity index (χ0v) is 7.86. The molecule has 1 aromatic carbocycles. The minimum Gasteiger partial charge on any atom is -0.396 e. The molecule has 0 aliphatic carbocycles. The second kappa shape index (κ2) is 4.19. The Kier molecular flexibility index (Phi) is 3.39. The third kappa shape index (κ3) is 2.62. The Hall–Kier alpha value is -0.740. The Morgan fingerprint density at radius 3 is 2.43 bits per heavy atom. The highest BCUT2D eigenvalue weighted by Gasteiger charge is 2.33. The van der Waals surface area contributed by atoms with Crippen LogP contribution in [0, 0.1) is 0 Å². The van der Waals surface area contributed by atoms with E-state index in [4.69, 9.17) is 16.7 Å². The van der Waals surface area contributed by atoms with Crippen molar-refractivity contribution in [3.63, 3.8) is 0 Å². The summed E-state index contributed by atoms with van der Waals surface area (Å²) in [7, 11) is 0. The van der Waals surface area contributed by atoms with Crippen LogP contribution in [0.25, 0.3) is 0 Å². The van der Waals surface area contributed by atoms with Crippen LogP contribution in [0.3, 0.4) is 0 Å². The zero-order chi connectivity index (χ0) is 10.8. The molecule has 14 heavy (non-hydrogen) atoms. The average molecular weight is 225 g/mol. The molecule has 0 aliphatic heterocycles. The van der Waals surface area contributed by atoms with Gasteiger partial charge in [0, 0.05) is 11.6 Å². The lowest BCUT2D eigenvalue weighted by Crippen LogP contribution is -2.10. The molecule has 0 spiro atoms. The molecule has 1 rings (SSSR count). The van der Waals surface area contributed by atoms with Crippen molar-refractivity contribution in [2.45, 2.75) is 12.6 Å². The van der Waals surface area contributed by atoms with Gasteiger partial charge in [0.1, 0.15) is 0 Å². The van der Waals surface area contributed by atoms with Crippen LogP contribution in [0.5, 0.6) is 0 Å². The summed E-state index contributed by atoms with van der Waals surface area (Å²) < 4.78 is 37.2. The van der Waals surface area contributed by atoms with Crippen LogP contribution >= 0.6 is 11.6 Å². The van der Waals surface area contributed by atoms with Crippen molar-refractivity contribution in [2.24, 2.45) is 0 Å². The molecule has 0 saturated heterocycles. The fourth-order valence-electron chi connectivity index (χ4n) is 1.15. The fourth-order valence-corrected chi connectivity index (χ4v) is 1.32. The van der Waals surface area contributed by atoms with Crippen LogP contribution in [0.4, 0.5) is 13.2 Å². The topological polar surface area (TPSA) is 20.2 Å². The first-order valence-electron chi connectivity index (χ1n) is 3.91. The fraction of sp³-hybridized carbons (Fsp3) is 0.333. The monoisotopic (exact) mass is 224 g/mol. The van der Waals surface area contributed by atoms with Crippen molar-refractivity contribution in [2.75, 3.05) is 6.61 Å². The van der Waals surface area contributed by atoms with E-state index in [1.54, 1.807) is 0 Å². The molecule has 0 saturated carbocycles. The number of rotatable bonds is 2.